The molecule has 0 spiro atoms. The molecule has 0 aliphatic heterocycles. The summed E-state index contributed by atoms with van der Waals surface area (Å²) in [5.41, 5.74) is 3.79. The third-order valence-corrected chi connectivity index (χ3v) is 5.76. The summed E-state index contributed by atoms with van der Waals surface area (Å²) >= 11 is 11.4. The SMILES string of the molecule is Cc1cccc(NC2CCc3sc(Cl)cc32)c1Br. The van der Waals surface area contributed by atoms with Crippen LogP contribution in [0.15, 0.2) is 28.7 Å². The van der Waals surface area contributed by atoms with Crippen molar-refractivity contribution < 1.29 is 0 Å². The van der Waals surface area contributed by atoms with Gasteiger partial charge in [-0.1, -0.05) is 23.7 Å². The fourth-order valence-corrected chi connectivity index (χ4v) is 4.16. The molecule has 1 aromatic heterocycles. The van der Waals surface area contributed by atoms with E-state index in [0.717, 1.165) is 27.3 Å². The van der Waals surface area contributed by atoms with Crippen LogP contribution in [0.4, 0.5) is 5.69 Å². The van der Waals surface area contributed by atoms with Crippen LogP contribution >= 0.6 is 38.9 Å². The zero-order chi connectivity index (χ0) is 12.7. The summed E-state index contributed by atoms with van der Waals surface area (Å²) in [4.78, 5) is 1.43. The van der Waals surface area contributed by atoms with E-state index in [4.69, 9.17) is 11.6 Å². The van der Waals surface area contributed by atoms with Gasteiger partial charge < -0.3 is 5.32 Å². The van der Waals surface area contributed by atoms with E-state index in [1.54, 1.807) is 11.3 Å². The van der Waals surface area contributed by atoms with Crippen LogP contribution < -0.4 is 5.32 Å². The molecule has 0 radical (unpaired) electrons. The van der Waals surface area contributed by atoms with Gasteiger partial charge in [0.05, 0.1) is 10.4 Å². The Labute approximate surface area is 124 Å². The lowest BCUT2D eigenvalue weighted by Gasteiger charge is -2.16. The van der Waals surface area contributed by atoms with Crippen molar-refractivity contribution in [2.45, 2.75) is 25.8 Å². The van der Waals surface area contributed by atoms with Crippen LogP contribution in [0.25, 0.3) is 0 Å². The number of aryl methyl sites for hydroxylation is 2. The van der Waals surface area contributed by atoms with E-state index in [0.29, 0.717) is 6.04 Å². The van der Waals surface area contributed by atoms with E-state index in [9.17, 15) is 0 Å². The molecule has 3 rings (SSSR count). The molecule has 1 nitrogen and oxygen atoms in total. The van der Waals surface area contributed by atoms with E-state index < -0.39 is 0 Å². The highest BCUT2D eigenvalue weighted by atomic mass is 79.9. The molecular formula is C14H13BrClNS. The van der Waals surface area contributed by atoms with Crippen molar-refractivity contribution in [2.75, 3.05) is 5.32 Å². The molecule has 18 heavy (non-hydrogen) atoms. The smallest absolute Gasteiger partial charge is 0.0934 e. The molecule has 0 bridgehead atoms. The lowest BCUT2D eigenvalue weighted by molar-refractivity contribution is 0.761. The number of anilines is 1. The van der Waals surface area contributed by atoms with Crippen LogP contribution in [-0.4, -0.2) is 0 Å². The van der Waals surface area contributed by atoms with Crippen molar-refractivity contribution in [2.24, 2.45) is 0 Å². The van der Waals surface area contributed by atoms with Crippen LogP contribution in [0.3, 0.4) is 0 Å². The predicted octanol–water partition coefficient (Wildman–Crippen LogP) is 5.57. The van der Waals surface area contributed by atoms with Crippen LogP contribution in [0.1, 0.15) is 28.5 Å². The standard InChI is InChI=1S/C14H13BrClNS/c1-8-3-2-4-11(14(8)15)17-10-5-6-12-9(10)7-13(16)18-12/h2-4,7,10,17H,5-6H2,1H3. The van der Waals surface area contributed by atoms with Crippen molar-refractivity contribution in [3.63, 3.8) is 0 Å². The summed E-state index contributed by atoms with van der Waals surface area (Å²) in [7, 11) is 0. The zero-order valence-electron chi connectivity index (χ0n) is 9.97. The minimum atomic E-state index is 0.391. The highest BCUT2D eigenvalue weighted by Gasteiger charge is 2.25. The van der Waals surface area contributed by atoms with Crippen molar-refractivity contribution in [1.29, 1.82) is 0 Å². The molecule has 1 aliphatic rings. The Balaban J connectivity index is 1.88. The quantitative estimate of drug-likeness (QED) is 0.752. The Morgan fingerprint density at radius 3 is 3.11 bits per heavy atom. The van der Waals surface area contributed by atoms with Gasteiger partial charge in [0.25, 0.3) is 0 Å². The molecule has 1 heterocycles. The Bertz CT molecular complexity index is 593. The maximum absolute atomic E-state index is 6.08. The van der Waals surface area contributed by atoms with Crippen LogP contribution in [-0.2, 0) is 6.42 Å². The molecule has 1 aliphatic carbocycles. The summed E-state index contributed by atoms with van der Waals surface area (Å²) in [6, 6.07) is 8.80. The van der Waals surface area contributed by atoms with Crippen molar-refractivity contribution >= 4 is 44.6 Å². The minimum absolute atomic E-state index is 0.391. The van der Waals surface area contributed by atoms with Crippen molar-refractivity contribution in [3.8, 4) is 0 Å². The first-order chi connectivity index (χ1) is 8.65. The summed E-state index contributed by atoms with van der Waals surface area (Å²) in [6.07, 6.45) is 2.28. The second-order valence-corrected chi connectivity index (χ2v) is 7.16. The summed E-state index contributed by atoms with van der Waals surface area (Å²) in [5.74, 6) is 0. The maximum Gasteiger partial charge on any atom is 0.0934 e. The van der Waals surface area contributed by atoms with E-state index in [1.165, 1.54) is 16.0 Å². The Hall–Kier alpha value is -0.510. The molecule has 0 amide bonds. The topological polar surface area (TPSA) is 12.0 Å². The van der Waals surface area contributed by atoms with Gasteiger partial charge in [-0.2, -0.15) is 0 Å². The average Bonchev–Trinajstić information content (AvgIpc) is 2.86. The summed E-state index contributed by atoms with van der Waals surface area (Å²) < 4.78 is 2.05. The second-order valence-electron chi connectivity index (χ2n) is 4.60. The first kappa shape index (κ1) is 12.5. The maximum atomic E-state index is 6.08. The van der Waals surface area contributed by atoms with Gasteiger partial charge in [0.15, 0.2) is 0 Å². The highest BCUT2D eigenvalue weighted by Crippen LogP contribution is 2.41. The van der Waals surface area contributed by atoms with Crippen LogP contribution in [0.2, 0.25) is 4.34 Å². The Morgan fingerprint density at radius 2 is 2.28 bits per heavy atom. The lowest BCUT2D eigenvalue weighted by Crippen LogP contribution is -2.07. The average molecular weight is 343 g/mol. The van der Waals surface area contributed by atoms with Gasteiger partial charge in [-0.15, -0.1) is 11.3 Å². The number of fused-ring (bicyclic) bond motifs is 1. The third kappa shape index (κ3) is 2.20. The zero-order valence-corrected chi connectivity index (χ0v) is 13.1. The summed E-state index contributed by atoms with van der Waals surface area (Å²) in [6.45, 7) is 2.11. The van der Waals surface area contributed by atoms with E-state index in [2.05, 4.69) is 52.4 Å². The number of halogens is 2. The largest absolute Gasteiger partial charge is 0.377 e. The van der Waals surface area contributed by atoms with E-state index >= 15 is 0 Å². The molecular weight excluding hydrogens is 330 g/mol. The van der Waals surface area contributed by atoms with E-state index in [-0.39, 0.29) is 0 Å². The van der Waals surface area contributed by atoms with Crippen LogP contribution in [0, 0.1) is 6.92 Å². The van der Waals surface area contributed by atoms with Gasteiger partial charge in [-0.25, -0.2) is 0 Å². The molecule has 1 unspecified atom stereocenters. The Morgan fingerprint density at radius 1 is 1.44 bits per heavy atom. The van der Waals surface area contributed by atoms with Gasteiger partial charge in [-0.3, -0.25) is 0 Å². The number of hydrogen-bond donors (Lipinski definition) is 1. The van der Waals surface area contributed by atoms with Crippen molar-refractivity contribution in [1.82, 2.24) is 0 Å². The van der Waals surface area contributed by atoms with Gasteiger partial charge in [0.1, 0.15) is 0 Å². The molecule has 0 fully saturated rings. The molecule has 1 atom stereocenters. The fraction of sp³-hybridized carbons (Fsp3) is 0.286. The molecule has 0 saturated heterocycles. The molecule has 4 heteroatoms. The number of benzene rings is 1. The molecule has 2 aromatic rings. The van der Waals surface area contributed by atoms with Gasteiger partial charge in [-0.05, 0) is 59.0 Å². The first-order valence-corrected chi connectivity index (χ1v) is 7.93. The third-order valence-electron chi connectivity index (χ3n) is 3.37. The normalized spacial score (nSPS) is 17.8. The molecule has 1 aromatic carbocycles. The number of rotatable bonds is 2. The number of hydrogen-bond acceptors (Lipinski definition) is 2. The van der Waals surface area contributed by atoms with E-state index in [1.807, 2.05) is 0 Å². The number of nitrogens with one attached hydrogen (secondary N) is 1. The Kier molecular flexibility index (Phi) is 3.39. The molecule has 94 valence electrons. The van der Waals surface area contributed by atoms with Gasteiger partial charge in [0, 0.05) is 15.0 Å². The lowest BCUT2D eigenvalue weighted by atomic mass is 10.1. The fourth-order valence-electron chi connectivity index (χ4n) is 2.43. The predicted molar refractivity (Wildman–Crippen MR) is 82.9 cm³/mol. The van der Waals surface area contributed by atoms with Crippen LogP contribution in [0.5, 0.6) is 0 Å². The number of thiophene rings is 1. The van der Waals surface area contributed by atoms with Gasteiger partial charge >= 0.3 is 0 Å². The first-order valence-electron chi connectivity index (χ1n) is 5.95. The van der Waals surface area contributed by atoms with Crippen molar-refractivity contribution in [3.05, 3.63) is 49.1 Å². The highest BCUT2D eigenvalue weighted by molar-refractivity contribution is 9.10. The summed E-state index contributed by atoms with van der Waals surface area (Å²) in [5, 5.41) is 3.62. The molecule has 1 N–H and O–H groups in total. The second kappa shape index (κ2) is 4.87. The monoisotopic (exact) mass is 341 g/mol. The molecule has 0 saturated carbocycles. The minimum Gasteiger partial charge on any atom is -0.377 e. The van der Waals surface area contributed by atoms with Gasteiger partial charge in [0.2, 0.25) is 0 Å².